The van der Waals surface area contributed by atoms with Crippen molar-refractivity contribution in [3.05, 3.63) is 16.4 Å². The Bertz CT molecular complexity index is 366. The largest absolute Gasteiger partial charge is 0.510 e. The second-order valence-electron chi connectivity index (χ2n) is 6.37. The molecule has 0 aliphatic carbocycles. The number of aliphatic hydroxyl groups is 1. The molecule has 0 aromatic rings. The van der Waals surface area contributed by atoms with E-state index in [1.54, 1.807) is 0 Å². The van der Waals surface area contributed by atoms with E-state index >= 15 is 0 Å². The number of rotatable bonds is 16. The molecule has 0 aliphatic heterocycles. The van der Waals surface area contributed by atoms with E-state index in [0.717, 1.165) is 26.4 Å². The second kappa shape index (κ2) is 16.5. The van der Waals surface area contributed by atoms with Crippen LogP contribution >= 0.6 is 0 Å². The number of allylic oxidation sites excluding steroid dienone is 1. The van der Waals surface area contributed by atoms with Crippen LogP contribution in [0.25, 0.3) is 0 Å². The number of ether oxygens (including phenoxy) is 1. The molecule has 1 N–H and O–H groups in total. The number of nitrogens with zero attached hydrogens (tertiary/aromatic N) is 1. The van der Waals surface area contributed by atoms with E-state index < -0.39 is 11.7 Å². The summed E-state index contributed by atoms with van der Waals surface area (Å²) in [7, 11) is 1.16. The van der Waals surface area contributed by atoms with Crippen molar-refractivity contribution in [3.63, 3.8) is 0 Å². The topological polar surface area (TPSA) is 76.0 Å². The number of carbonyl (C=O) groups excluding carboxylic acids is 1. The normalized spacial score (nSPS) is 11.9. The zero-order valence-electron chi connectivity index (χ0n) is 15.5. The van der Waals surface area contributed by atoms with Crippen LogP contribution in [0.4, 0.5) is 0 Å². The average Bonchev–Trinajstić information content (AvgIpc) is 2.59. The van der Waals surface area contributed by atoms with Gasteiger partial charge in [0, 0.05) is 6.42 Å². The summed E-state index contributed by atoms with van der Waals surface area (Å²) in [5, 5.41) is 12.2. The number of methoxy groups -OCH3 is 1. The molecule has 0 aromatic carbocycles. The molecule has 0 spiro atoms. The Hall–Kier alpha value is -1.39. The quantitative estimate of drug-likeness (QED) is 0.120. The van der Waals surface area contributed by atoms with E-state index in [0.29, 0.717) is 6.42 Å². The SMILES string of the molecule is CCCCCCCCCCCCCCC/C(O)=C(\N=O)C(=O)OC. The van der Waals surface area contributed by atoms with Gasteiger partial charge in [-0.25, -0.2) is 4.79 Å². The standard InChI is InChI=1S/C19H35NO4/c1-3-4-5-6-7-8-9-10-11-12-13-14-15-16-17(21)18(20-23)19(22)24-2/h21H,3-16H2,1-2H3/b18-17+. The van der Waals surface area contributed by atoms with Crippen molar-refractivity contribution in [2.24, 2.45) is 5.18 Å². The van der Waals surface area contributed by atoms with Gasteiger partial charge in [-0.15, -0.1) is 4.91 Å². The van der Waals surface area contributed by atoms with Crippen LogP contribution in [0, 0.1) is 4.91 Å². The zero-order chi connectivity index (χ0) is 18.0. The van der Waals surface area contributed by atoms with E-state index in [2.05, 4.69) is 16.8 Å². The Balaban J connectivity index is 3.49. The molecule has 0 aromatic heterocycles. The van der Waals surface area contributed by atoms with E-state index in [1.165, 1.54) is 64.2 Å². The molecular weight excluding hydrogens is 306 g/mol. The van der Waals surface area contributed by atoms with Gasteiger partial charge in [-0.05, 0) is 11.6 Å². The van der Waals surface area contributed by atoms with Gasteiger partial charge in [-0.3, -0.25) is 0 Å². The summed E-state index contributed by atoms with van der Waals surface area (Å²) in [4.78, 5) is 21.7. The summed E-state index contributed by atoms with van der Waals surface area (Å²) in [5.41, 5.74) is -0.503. The second-order valence-corrected chi connectivity index (χ2v) is 6.37. The van der Waals surface area contributed by atoms with Crippen molar-refractivity contribution in [2.75, 3.05) is 7.11 Å². The molecule has 0 rings (SSSR count). The fourth-order valence-corrected chi connectivity index (χ4v) is 2.73. The summed E-state index contributed by atoms with van der Waals surface area (Å²) >= 11 is 0. The predicted octanol–water partition coefficient (Wildman–Crippen LogP) is 6.18. The highest BCUT2D eigenvalue weighted by molar-refractivity contribution is 5.88. The number of carbonyl (C=O) groups is 1. The van der Waals surface area contributed by atoms with Gasteiger partial charge in [-0.1, -0.05) is 84.0 Å². The minimum absolute atomic E-state index is 0.264. The maximum Gasteiger partial charge on any atom is 0.363 e. The molecule has 0 amide bonds. The lowest BCUT2D eigenvalue weighted by Crippen LogP contribution is -2.05. The first kappa shape index (κ1) is 22.6. The van der Waals surface area contributed by atoms with Gasteiger partial charge in [0.15, 0.2) is 0 Å². The minimum Gasteiger partial charge on any atom is -0.510 e. The van der Waals surface area contributed by atoms with Crippen LogP contribution in [0.15, 0.2) is 16.6 Å². The number of hydrogen-bond donors (Lipinski definition) is 1. The molecule has 0 saturated carbocycles. The van der Waals surface area contributed by atoms with Gasteiger partial charge in [0.2, 0.25) is 5.70 Å². The lowest BCUT2D eigenvalue weighted by Gasteiger charge is -2.04. The molecule has 0 saturated heterocycles. The average molecular weight is 341 g/mol. The lowest BCUT2D eigenvalue weighted by atomic mass is 10.0. The van der Waals surface area contributed by atoms with Gasteiger partial charge < -0.3 is 9.84 Å². The molecule has 0 radical (unpaired) electrons. The van der Waals surface area contributed by atoms with Crippen LogP contribution in [0.3, 0.4) is 0 Å². The van der Waals surface area contributed by atoms with Crippen LogP contribution in [0.1, 0.15) is 96.8 Å². The first-order valence-electron chi connectivity index (χ1n) is 9.51. The third-order valence-electron chi connectivity index (χ3n) is 4.26. The first-order chi connectivity index (χ1) is 11.7. The van der Waals surface area contributed by atoms with Crippen molar-refractivity contribution in [1.82, 2.24) is 0 Å². The van der Waals surface area contributed by atoms with Crippen molar-refractivity contribution < 1.29 is 14.6 Å². The number of esters is 1. The Kier molecular flexibility index (Phi) is 15.5. The Labute approximate surface area is 146 Å². The summed E-state index contributed by atoms with van der Waals surface area (Å²) in [6, 6.07) is 0. The van der Waals surface area contributed by atoms with Crippen molar-refractivity contribution >= 4 is 5.97 Å². The fraction of sp³-hybridized carbons (Fsp3) is 0.842. The molecule has 0 fully saturated rings. The summed E-state index contributed by atoms with van der Waals surface area (Å²) in [6.45, 7) is 2.24. The molecule has 5 heteroatoms. The molecule has 0 atom stereocenters. The molecule has 5 nitrogen and oxygen atoms in total. The van der Waals surface area contributed by atoms with Gasteiger partial charge in [0.1, 0.15) is 5.76 Å². The fourth-order valence-electron chi connectivity index (χ4n) is 2.73. The van der Waals surface area contributed by atoms with Crippen molar-refractivity contribution in [2.45, 2.75) is 96.8 Å². The number of nitroso groups, excluding NO2 is 1. The van der Waals surface area contributed by atoms with Gasteiger partial charge in [-0.2, -0.15) is 0 Å². The Morgan fingerprint density at radius 1 is 0.833 bits per heavy atom. The molecule has 0 heterocycles. The number of hydrogen-bond acceptors (Lipinski definition) is 5. The predicted molar refractivity (Wildman–Crippen MR) is 97.8 cm³/mol. The van der Waals surface area contributed by atoms with E-state index in [1.807, 2.05) is 0 Å². The molecular formula is C19H35NO4. The van der Waals surface area contributed by atoms with Gasteiger partial charge >= 0.3 is 5.97 Å². The van der Waals surface area contributed by atoms with Crippen molar-refractivity contribution in [3.8, 4) is 0 Å². The number of unbranched alkanes of at least 4 members (excludes halogenated alkanes) is 12. The molecule has 0 bridgehead atoms. The van der Waals surface area contributed by atoms with Crippen molar-refractivity contribution in [1.29, 1.82) is 0 Å². The summed E-state index contributed by atoms with van der Waals surface area (Å²) < 4.78 is 4.39. The monoisotopic (exact) mass is 341 g/mol. The highest BCUT2D eigenvalue weighted by Crippen LogP contribution is 2.16. The minimum atomic E-state index is -0.878. The van der Waals surface area contributed by atoms with Crippen LogP contribution in [-0.4, -0.2) is 18.2 Å². The highest BCUT2D eigenvalue weighted by Gasteiger charge is 2.16. The van der Waals surface area contributed by atoms with Gasteiger partial charge in [0.05, 0.1) is 7.11 Å². The maximum atomic E-state index is 11.2. The Morgan fingerprint density at radius 3 is 1.62 bits per heavy atom. The van der Waals surface area contributed by atoms with E-state index in [-0.39, 0.29) is 5.76 Å². The number of aliphatic hydroxyl groups excluding tert-OH is 1. The van der Waals surface area contributed by atoms with Crippen LogP contribution < -0.4 is 0 Å². The first-order valence-corrected chi connectivity index (χ1v) is 9.51. The van der Waals surface area contributed by atoms with Gasteiger partial charge in [0.25, 0.3) is 0 Å². The lowest BCUT2D eigenvalue weighted by molar-refractivity contribution is -0.136. The zero-order valence-corrected chi connectivity index (χ0v) is 15.5. The maximum absolute atomic E-state index is 11.2. The highest BCUT2D eigenvalue weighted by atomic mass is 16.5. The molecule has 24 heavy (non-hydrogen) atoms. The van der Waals surface area contributed by atoms with E-state index in [9.17, 15) is 14.8 Å². The molecule has 0 aliphatic rings. The summed E-state index contributed by atoms with van der Waals surface area (Å²) in [6.07, 6.45) is 16.4. The Morgan fingerprint density at radius 2 is 1.25 bits per heavy atom. The molecule has 0 unspecified atom stereocenters. The third kappa shape index (κ3) is 12.1. The van der Waals surface area contributed by atoms with Crippen LogP contribution in [-0.2, 0) is 9.53 Å². The van der Waals surface area contributed by atoms with Crippen LogP contribution in [0.2, 0.25) is 0 Å². The van der Waals surface area contributed by atoms with Crippen LogP contribution in [0.5, 0.6) is 0 Å². The van der Waals surface area contributed by atoms with E-state index in [4.69, 9.17) is 0 Å². The smallest absolute Gasteiger partial charge is 0.363 e. The third-order valence-corrected chi connectivity index (χ3v) is 4.26. The molecule has 140 valence electrons. The summed E-state index contributed by atoms with van der Waals surface area (Å²) in [5.74, 6) is -1.14.